The third-order valence-corrected chi connectivity index (χ3v) is 9.56. The van der Waals surface area contributed by atoms with Crippen molar-refractivity contribution in [2.24, 2.45) is 22.7 Å². The highest BCUT2D eigenvalue weighted by Crippen LogP contribution is 2.70. The SMILES string of the molecule is CC1(C)[C@@H]2CC[C@]13CS(=O)(=O)N(C(=O)[C@@H]1C[C@H]1c1ccco1)[C@@H]3C2. The number of hydrogen-bond acceptors (Lipinski definition) is 4. The zero-order valence-corrected chi connectivity index (χ0v) is 14.9. The molecule has 24 heavy (non-hydrogen) atoms. The lowest BCUT2D eigenvalue weighted by atomic mass is 9.69. The summed E-state index contributed by atoms with van der Waals surface area (Å²) in [6.07, 6.45) is 5.18. The van der Waals surface area contributed by atoms with E-state index in [1.165, 1.54) is 4.31 Å². The summed E-state index contributed by atoms with van der Waals surface area (Å²) in [6, 6.07) is 3.56. The molecule has 1 aromatic heterocycles. The Balaban J connectivity index is 1.48. The van der Waals surface area contributed by atoms with E-state index in [4.69, 9.17) is 4.42 Å². The zero-order valence-electron chi connectivity index (χ0n) is 14.1. The van der Waals surface area contributed by atoms with Gasteiger partial charge in [-0.25, -0.2) is 12.7 Å². The summed E-state index contributed by atoms with van der Waals surface area (Å²) in [5, 5.41) is 0. The van der Waals surface area contributed by atoms with Gasteiger partial charge in [-0.1, -0.05) is 13.8 Å². The van der Waals surface area contributed by atoms with Crippen LogP contribution < -0.4 is 0 Å². The summed E-state index contributed by atoms with van der Waals surface area (Å²) in [5.74, 6) is 1.11. The van der Waals surface area contributed by atoms with Gasteiger partial charge in [0.25, 0.3) is 0 Å². The molecular formula is C18H23NO4S. The van der Waals surface area contributed by atoms with Crippen LogP contribution in [0.3, 0.4) is 0 Å². The van der Waals surface area contributed by atoms with Crippen molar-refractivity contribution in [1.29, 1.82) is 0 Å². The molecule has 4 aliphatic rings. The predicted molar refractivity (Wildman–Crippen MR) is 87.5 cm³/mol. The van der Waals surface area contributed by atoms with Crippen molar-refractivity contribution in [3.8, 4) is 0 Å². The fourth-order valence-corrected chi connectivity index (χ4v) is 8.61. The molecule has 0 unspecified atom stereocenters. The number of nitrogens with zero attached hydrogens (tertiary/aromatic N) is 1. The number of carbonyl (C=O) groups excluding carboxylic acids is 1. The van der Waals surface area contributed by atoms with E-state index < -0.39 is 10.0 Å². The normalized spacial score (nSPS) is 43.8. The van der Waals surface area contributed by atoms with Crippen molar-refractivity contribution in [1.82, 2.24) is 4.31 Å². The molecule has 0 radical (unpaired) electrons. The van der Waals surface area contributed by atoms with Gasteiger partial charge in [0.1, 0.15) is 5.76 Å². The Morgan fingerprint density at radius 1 is 1.33 bits per heavy atom. The van der Waals surface area contributed by atoms with E-state index in [1.807, 2.05) is 12.1 Å². The number of sulfonamides is 1. The lowest BCUT2D eigenvalue weighted by Gasteiger charge is -2.37. The maximum absolute atomic E-state index is 13.1. The highest BCUT2D eigenvalue weighted by molar-refractivity contribution is 7.90. The quantitative estimate of drug-likeness (QED) is 0.823. The van der Waals surface area contributed by atoms with Crippen molar-refractivity contribution in [2.45, 2.75) is 51.5 Å². The molecule has 1 saturated heterocycles. The molecule has 1 aliphatic heterocycles. The zero-order chi connectivity index (χ0) is 16.9. The van der Waals surface area contributed by atoms with Crippen LogP contribution in [0.5, 0.6) is 0 Å². The minimum Gasteiger partial charge on any atom is -0.469 e. The van der Waals surface area contributed by atoms with Gasteiger partial charge in [0.15, 0.2) is 0 Å². The topological polar surface area (TPSA) is 67.6 Å². The third-order valence-electron chi connectivity index (χ3n) is 7.64. The average Bonchev–Trinajstić information content (AvgIpc) is 2.83. The summed E-state index contributed by atoms with van der Waals surface area (Å²) in [7, 11) is -3.50. The standard InChI is InChI=1S/C18H23NO4S/c1-17(2)11-5-6-18(17)10-24(21,22)19(15(18)8-11)16(20)13-9-12(13)14-4-3-7-23-14/h3-4,7,11-13,15H,5-6,8-10H2,1-2H3/t11-,12-,13-,15-,18-/m1/s1. The van der Waals surface area contributed by atoms with Crippen LogP contribution in [0.1, 0.15) is 51.2 Å². The fourth-order valence-electron chi connectivity index (χ4n) is 6.03. The van der Waals surface area contributed by atoms with Gasteiger partial charge in [-0.2, -0.15) is 0 Å². The van der Waals surface area contributed by atoms with Gasteiger partial charge < -0.3 is 4.42 Å². The van der Waals surface area contributed by atoms with Gasteiger partial charge in [-0.05, 0) is 49.1 Å². The number of fused-ring (bicyclic) bond motifs is 1. The summed E-state index contributed by atoms with van der Waals surface area (Å²) in [6.45, 7) is 4.41. The molecule has 3 saturated carbocycles. The highest BCUT2D eigenvalue weighted by Gasteiger charge is 2.73. The van der Waals surface area contributed by atoms with Gasteiger partial charge in [-0.15, -0.1) is 0 Å². The second-order valence-electron chi connectivity index (χ2n) is 8.72. The van der Waals surface area contributed by atoms with Crippen LogP contribution in [-0.4, -0.2) is 30.4 Å². The minimum absolute atomic E-state index is 0.00370. The van der Waals surface area contributed by atoms with Gasteiger partial charge in [0, 0.05) is 17.3 Å². The van der Waals surface area contributed by atoms with Crippen LogP contribution in [-0.2, 0) is 14.8 Å². The van der Waals surface area contributed by atoms with Crippen molar-refractivity contribution in [3.63, 3.8) is 0 Å². The molecule has 3 aliphatic carbocycles. The molecule has 2 heterocycles. The first kappa shape index (κ1) is 15.0. The van der Waals surface area contributed by atoms with E-state index in [0.717, 1.165) is 25.0 Å². The molecule has 5 nitrogen and oxygen atoms in total. The molecule has 1 amide bonds. The molecule has 1 aromatic rings. The van der Waals surface area contributed by atoms with Crippen LogP contribution in [0.15, 0.2) is 22.8 Å². The molecule has 1 spiro atoms. The van der Waals surface area contributed by atoms with Crippen LogP contribution >= 0.6 is 0 Å². The van der Waals surface area contributed by atoms with Crippen molar-refractivity contribution < 1.29 is 17.6 Å². The van der Waals surface area contributed by atoms with Gasteiger partial charge >= 0.3 is 0 Å². The molecule has 130 valence electrons. The van der Waals surface area contributed by atoms with Crippen molar-refractivity contribution in [2.75, 3.05) is 5.75 Å². The molecule has 0 aromatic carbocycles. The number of furan rings is 1. The largest absolute Gasteiger partial charge is 0.469 e. The summed E-state index contributed by atoms with van der Waals surface area (Å²) in [4.78, 5) is 13.1. The Morgan fingerprint density at radius 2 is 2.12 bits per heavy atom. The van der Waals surface area contributed by atoms with Crippen LogP contribution in [0, 0.1) is 22.7 Å². The molecule has 5 atom stereocenters. The van der Waals surface area contributed by atoms with E-state index in [9.17, 15) is 13.2 Å². The molecular weight excluding hydrogens is 326 g/mol. The Morgan fingerprint density at radius 3 is 2.79 bits per heavy atom. The molecule has 4 fully saturated rings. The van der Waals surface area contributed by atoms with Gasteiger partial charge in [0.05, 0.1) is 18.1 Å². The van der Waals surface area contributed by atoms with E-state index in [-0.39, 0.29) is 40.4 Å². The van der Waals surface area contributed by atoms with Crippen LogP contribution in [0.2, 0.25) is 0 Å². The Hall–Kier alpha value is -1.30. The van der Waals surface area contributed by atoms with E-state index in [2.05, 4.69) is 13.8 Å². The Labute approximate surface area is 142 Å². The maximum Gasteiger partial charge on any atom is 0.240 e. The first-order valence-electron chi connectivity index (χ1n) is 8.87. The second-order valence-corrected chi connectivity index (χ2v) is 10.6. The predicted octanol–water partition coefficient (Wildman–Crippen LogP) is 2.75. The van der Waals surface area contributed by atoms with E-state index >= 15 is 0 Å². The smallest absolute Gasteiger partial charge is 0.240 e. The minimum atomic E-state index is -3.50. The van der Waals surface area contributed by atoms with Crippen LogP contribution in [0.4, 0.5) is 0 Å². The molecule has 5 rings (SSSR count). The lowest BCUT2D eigenvalue weighted by molar-refractivity contribution is -0.130. The van der Waals surface area contributed by atoms with Gasteiger partial charge in [0.2, 0.25) is 15.9 Å². The summed E-state index contributed by atoms with van der Waals surface area (Å²) < 4.78 is 32.5. The fraction of sp³-hybridized carbons (Fsp3) is 0.722. The Kier molecular flexibility index (Phi) is 2.66. The summed E-state index contributed by atoms with van der Waals surface area (Å²) in [5.41, 5.74) is -0.231. The molecule has 2 bridgehead atoms. The van der Waals surface area contributed by atoms with E-state index in [1.54, 1.807) is 6.26 Å². The number of carbonyl (C=O) groups is 1. The Bertz CT molecular complexity index is 812. The van der Waals surface area contributed by atoms with Crippen molar-refractivity contribution in [3.05, 3.63) is 24.2 Å². The first-order valence-corrected chi connectivity index (χ1v) is 10.5. The monoisotopic (exact) mass is 349 g/mol. The van der Waals surface area contributed by atoms with E-state index in [0.29, 0.717) is 12.3 Å². The van der Waals surface area contributed by atoms with Crippen LogP contribution in [0.25, 0.3) is 0 Å². The average molecular weight is 349 g/mol. The lowest BCUT2D eigenvalue weighted by Crippen LogP contribution is -2.44. The molecule has 6 heteroatoms. The molecule has 0 N–H and O–H groups in total. The number of rotatable bonds is 2. The maximum atomic E-state index is 13.1. The summed E-state index contributed by atoms with van der Waals surface area (Å²) >= 11 is 0. The first-order chi connectivity index (χ1) is 11.3. The van der Waals surface area contributed by atoms with Gasteiger partial charge in [-0.3, -0.25) is 4.79 Å². The number of amides is 1. The third kappa shape index (κ3) is 1.61. The van der Waals surface area contributed by atoms with Crippen molar-refractivity contribution >= 4 is 15.9 Å². The second kappa shape index (κ2) is 4.26. The highest BCUT2D eigenvalue weighted by atomic mass is 32.2. The number of hydrogen-bond donors (Lipinski definition) is 0.